The summed E-state index contributed by atoms with van der Waals surface area (Å²) in [4.78, 5) is 29.6. The second-order valence-corrected chi connectivity index (χ2v) is 10.1. The number of carbonyl (C=O) groups excluding carboxylic acids is 2. The van der Waals surface area contributed by atoms with E-state index in [1.165, 1.54) is 12.3 Å². The molecule has 2 aromatic heterocycles. The van der Waals surface area contributed by atoms with Gasteiger partial charge in [-0.1, -0.05) is 17.4 Å². The van der Waals surface area contributed by atoms with Crippen molar-refractivity contribution in [3.05, 3.63) is 47.9 Å². The first kappa shape index (κ1) is 24.7. The summed E-state index contributed by atoms with van der Waals surface area (Å²) in [6, 6.07) is 3.64. The maximum absolute atomic E-state index is 14.4. The highest BCUT2D eigenvalue weighted by molar-refractivity contribution is 7.19. The smallest absolute Gasteiger partial charge is 0.412 e. The van der Waals surface area contributed by atoms with Crippen LogP contribution in [0.2, 0.25) is 0 Å². The number of hydrogen-bond donors (Lipinski definition) is 3. The van der Waals surface area contributed by atoms with Crippen molar-refractivity contribution in [3.8, 4) is 10.6 Å². The molecule has 186 valence electrons. The maximum atomic E-state index is 14.4. The molecule has 3 aromatic rings. The van der Waals surface area contributed by atoms with Crippen molar-refractivity contribution in [2.24, 2.45) is 0 Å². The summed E-state index contributed by atoms with van der Waals surface area (Å²) in [6.45, 7) is 6.84. The van der Waals surface area contributed by atoms with Gasteiger partial charge in [0.1, 0.15) is 27.2 Å². The molecule has 0 spiro atoms. The van der Waals surface area contributed by atoms with Crippen LogP contribution in [0.1, 0.15) is 50.1 Å². The van der Waals surface area contributed by atoms with Gasteiger partial charge in [0.15, 0.2) is 5.69 Å². The largest absolute Gasteiger partial charge is 0.444 e. The van der Waals surface area contributed by atoms with Crippen molar-refractivity contribution in [2.75, 3.05) is 23.7 Å². The van der Waals surface area contributed by atoms with Gasteiger partial charge in [-0.3, -0.25) is 14.8 Å². The summed E-state index contributed by atoms with van der Waals surface area (Å²) in [5.74, 6) is -2.34. The summed E-state index contributed by atoms with van der Waals surface area (Å²) >= 11 is 0.770. The molecule has 35 heavy (non-hydrogen) atoms. The van der Waals surface area contributed by atoms with Crippen LogP contribution in [-0.2, 0) is 4.74 Å². The van der Waals surface area contributed by atoms with Crippen molar-refractivity contribution in [3.63, 3.8) is 0 Å². The Morgan fingerprint density at radius 1 is 1.17 bits per heavy atom. The SMILES string of the molecule is CC(C)(C)OC(=O)Nc1sc(-c2c(F)cccc2F)nc1C(=O)Nc1cnn(C2CCNCC2)c1. The highest BCUT2D eigenvalue weighted by Crippen LogP contribution is 2.36. The number of aromatic nitrogens is 3. The Labute approximate surface area is 204 Å². The van der Waals surface area contributed by atoms with E-state index < -0.39 is 29.2 Å². The summed E-state index contributed by atoms with van der Waals surface area (Å²) in [7, 11) is 0. The first-order chi connectivity index (χ1) is 16.6. The average Bonchev–Trinajstić information content (AvgIpc) is 3.40. The van der Waals surface area contributed by atoms with Crippen LogP contribution in [0.4, 0.5) is 24.3 Å². The van der Waals surface area contributed by atoms with E-state index in [0.29, 0.717) is 5.69 Å². The lowest BCUT2D eigenvalue weighted by Gasteiger charge is -2.22. The van der Waals surface area contributed by atoms with Crippen LogP contribution in [0.3, 0.4) is 0 Å². The second-order valence-electron chi connectivity index (χ2n) is 9.06. The fourth-order valence-corrected chi connectivity index (χ4v) is 4.62. The van der Waals surface area contributed by atoms with Gasteiger partial charge < -0.3 is 15.4 Å². The highest BCUT2D eigenvalue weighted by atomic mass is 32.1. The first-order valence-electron chi connectivity index (χ1n) is 11.1. The lowest BCUT2D eigenvalue weighted by atomic mass is 10.1. The van der Waals surface area contributed by atoms with Crippen LogP contribution in [0.5, 0.6) is 0 Å². The molecule has 0 bridgehead atoms. The molecule has 4 rings (SSSR count). The third kappa shape index (κ3) is 6.01. The molecule has 0 atom stereocenters. The molecule has 1 saturated heterocycles. The Morgan fingerprint density at radius 2 is 1.86 bits per heavy atom. The summed E-state index contributed by atoms with van der Waals surface area (Å²) in [5, 5.41) is 12.7. The molecule has 3 N–H and O–H groups in total. The fourth-order valence-electron chi connectivity index (χ4n) is 3.63. The van der Waals surface area contributed by atoms with E-state index in [2.05, 4.69) is 26.0 Å². The Kier molecular flexibility index (Phi) is 7.13. The van der Waals surface area contributed by atoms with Crippen molar-refractivity contribution in [1.82, 2.24) is 20.1 Å². The zero-order valence-corrected chi connectivity index (χ0v) is 20.3. The highest BCUT2D eigenvalue weighted by Gasteiger charge is 2.26. The topological polar surface area (TPSA) is 110 Å². The molecule has 2 amide bonds. The van der Waals surface area contributed by atoms with Gasteiger partial charge in [0.25, 0.3) is 5.91 Å². The maximum Gasteiger partial charge on any atom is 0.412 e. The number of thiazole rings is 1. The van der Waals surface area contributed by atoms with Gasteiger partial charge >= 0.3 is 6.09 Å². The van der Waals surface area contributed by atoms with E-state index in [1.54, 1.807) is 31.6 Å². The number of halogens is 2. The van der Waals surface area contributed by atoms with Gasteiger partial charge in [-0.25, -0.2) is 18.6 Å². The molecule has 12 heteroatoms. The van der Waals surface area contributed by atoms with Gasteiger partial charge in [0, 0.05) is 6.20 Å². The Bertz CT molecular complexity index is 1210. The van der Waals surface area contributed by atoms with E-state index >= 15 is 0 Å². The molecule has 0 unspecified atom stereocenters. The van der Waals surface area contributed by atoms with Crippen LogP contribution in [0.25, 0.3) is 10.6 Å². The second kappa shape index (κ2) is 10.1. The normalized spacial score (nSPS) is 14.5. The van der Waals surface area contributed by atoms with Gasteiger partial charge in [-0.15, -0.1) is 0 Å². The van der Waals surface area contributed by atoms with Crippen molar-refractivity contribution in [2.45, 2.75) is 45.3 Å². The number of rotatable bonds is 5. The quantitative estimate of drug-likeness (QED) is 0.460. The molecule has 1 aromatic carbocycles. The number of carbonyl (C=O) groups is 2. The van der Waals surface area contributed by atoms with Crippen LogP contribution in [-0.4, -0.2) is 45.5 Å². The van der Waals surface area contributed by atoms with Gasteiger partial charge in [0.2, 0.25) is 0 Å². The fraction of sp³-hybridized carbons (Fsp3) is 0.391. The molecular formula is C23H26F2N6O3S. The van der Waals surface area contributed by atoms with Gasteiger partial charge in [-0.05, 0) is 58.8 Å². The number of ether oxygens (including phenoxy) is 1. The summed E-state index contributed by atoms with van der Waals surface area (Å²) in [6.07, 6.45) is 4.25. The monoisotopic (exact) mass is 504 g/mol. The number of amides is 2. The van der Waals surface area contributed by atoms with Crippen molar-refractivity contribution in [1.29, 1.82) is 0 Å². The first-order valence-corrected chi connectivity index (χ1v) is 11.9. The minimum absolute atomic E-state index is 0.000139. The van der Waals surface area contributed by atoms with Crippen LogP contribution < -0.4 is 16.0 Å². The molecule has 1 fully saturated rings. The number of anilines is 2. The molecule has 3 heterocycles. The molecule has 0 radical (unpaired) electrons. The Morgan fingerprint density at radius 3 is 2.51 bits per heavy atom. The van der Waals surface area contributed by atoms with Crippen molar-refractivity contribution >= 4 is 34.0 Å². The van der Waals surface area contributed by atoms with Gasteiger partial charge in [0.05, 0.1) is 23.5 Å². The van der Waals surface area contributed by atoms with E-state index in [0.717, 1.165) is 49.4 Å². The standard InChI is InChI=1S/C23H26F2N6O3S/c1-23(2,3)34-22(33)30-21-18(29-20(35-21)17-15(24)5-4-6-16(17)25)19(32)28-13-11-27-31(12-13)14-7-9-26-10-8-14/h4-6,11-12,14,26H,7-10H2,1-3H3,(H,28,32)(H,30,33). The van der Waals surface area contributed by atoms with E-state index in [-0.39, 0.29) is 27.3 Å². The van der Waals surface area contributed by atoms with E-state index in [1.807, 2.05) is 0 Å². The molecule has 1 aliphatic heterocycles. The number of benzene rings is 1. The van der Waals surface area contributed by atoms with E-state index in [9.17, 15) is 18.4 Å². The predicted octanol–water partition coefficient (Wildman–Crippen LogP) is 4.81. The number of nitrogens with zero attached hydrogens (tertiary/aromatic N) is 3. The third-order valence-electron chi connectivity index (χ3n) is 5.18. The predicted molar refractivity (Wildman–Crippen MR) is 129 cm³/mol. The summed E-state index contributed by atoms with van der Waals surface area (Å²) in [5.41, 5.74) is -0.944. The molecule has 0 aliphatic carbocycles. The number of piperidine rings is 1. The lowest BCUT2D eigenvalue weighted by molar-refractivity contribution is 0.0636. The number of nitrogens with one attached hydrogen (secondary N) is 3. The van der Waals surface area contributed by atoms with Gasteiger partial charge in [-0.2, -0.15) is 5.10 Å². The molecular weight excluding hydrogens is 478 g/mol. The van der Waals surface area contributed by atoms with Crippen LogP contribution in [0.15, 0.2) is 30.6 Å². The summed E-state index contributed by atoms with van der Waals surface area (Å²) < 4.78 is 35.8. The Hall–Kier alpha value is -3.38. The minimum Gasteiger partial charge on any atom is -0.444 e. The third-order valence-corrected chi connectivity index (χ3v) is 6.16. The van der Waals surface area contributed by atoms with Crippen LogP contribution >= 0.6 is 11.3 Å². The lowest BCUT2D eigenvalue weighted by Crippen LogP contribution is -2.29. The molecule has 0 saturated carbocycles. The molecule has 9 nitrogen and oxygen atoms in total. The zero-order chi connectivity index (χ0) is 25.2. The average molecular weight is 505 g/mol. The van der Waals surface area contributed by atoms with Crippen molar-refractivity contribution < 1.29 is 23.1 Å². The Balaban J connectivity index is 1.61. The number of hydrogen-bond acceptors (Lipinski definition) is 7. The molecule has 1 aliphatic rings. The minimum atomic E-state index is -0.835. The van der Waals surface area contributed by atoms with E-state index in [4.69, 9.17) is 4.74 Å². The van der Waals surface area contributed by atoms with Crippen LogP contribution in [0, 0.1) is 11.6 Å². The zero-order valence-electron chi connectivity index (χ0n) is 19.5.